The molecule has 3 N–H and O–H groups in total. The van der Waals surface area contributed by atoms with E-state index in [4.69, 9.17) is 0 Å². The molecule has 9 nitrogen and oxygen atoms in total. The number of aromatic nitrogens is 1. The van der Waals surface area contributed by atoms with Gasteiger partial charge in [-0.25, -0.2) is 33.4 Å². The first kappa shape index (κ1) is 25.0. The topological polar surface area (TPSA) is 123 Å². The summed E-state index contributed by atoms with van der Waals surface area (Å²) < 4.78 is 29.3. The molecule has 174 valence electrons. The fourth-order valence-corrected chi connectivity index (χ4v) is 3.77. The summed E-state index contributed by atoms with van der Waals surface area (Å²) in [5.41, 5.74) is -0.774. The molecule has 0 aliphatic carbocycles. The molecule has 0 fully saturated rings. The van der Waals surface area contributed by atoms with Crippen molar-refractivity contribution in [2.24, 2.45) is 0 Å². The van der Waals surface area contributed by atoms with Gasteiger partial charge in [0, 0.05) is 17.9 Å². The second kappa shape index (κ2) is 9.90. The van der Waals surface area contributed by atoms with Crippen LogP contribution in [0.4, 0.5) is 23.5 Å². The maximum Gasteiger partial charge on any atom is 0.427 e. The minimum Gasteiger partial charge on any atom is -0.464 e. The monoisotopic (exact) mass is 470 g/mol. The third-order valence-electron chi connectivity index (χ3n) is 4.33. The Balaban J connectivity index is 2.20. The molecule has 2 rings (SSSR count). The largest absolute Gasteiger partial charge is 0.464 e. The van der Waals surface area contributed by atoms with Gasteiger partial charge in [0.05, 0.1) is 17.8 Å². The van der Waals surface area contributed by atoms with Gasteiger partial charge in [-0.1, -0.05) is 12.1 Å². The predicted octanol–water partition coefficient (Wildman–Crippen LogP) is 4.34. The maximum absolute atomic E-state index is 14.7. The van der Waals surface area contributed by atoms with E-state index in [0.29, 0.717) is 27.3 Å². The summed E-state index contributed by atoms with van der Waals surface area (Å²) in [6.45, 7) is 5.10. The van der Waals surface area contributed by atoms with E-state index in [1.54, 1.807) is 5.38 Å². The average Bonchev–Trinajstić information content (AvgIpc) is 3.09. The number of benzene rings is 1. The third-order valence-corrected chi connectivity index (χ3v) is 5.13. The molecule has 0 aliphatic rings. The Morgan fingerprint density at radius 1 is 1.06 bits per heavy atom. The quantitative estimate of drug-likeness (QED) is 0.540. The lowest BCUT2D eigenvalue weighted by Gasteiger charge is -2.39. The lowest BCUT2D eigenvalue weighted by molar-refractivity contribution is -0.114. The van der Waals surface area contributed by atoms with Gasteiger partial charge in [-0.05, 0) is 39.2 Å². The Morgan fingerprint density at radius 2 is 1.66 bits per heavy atom. The van der Waals surface area contributed by atoms with Gasteiger partial charge in [0.1, 0.15) is 0 Å². The van der Waals surface area contributed by atoms with E-state index in [9.17, 15) is 33.4 Å². The highest BCUT2D eigenvalue weighted by atomic mass is 32.1. The Labute approximate surface area is 187 Å². The normalized spacial score (nSPS) is 11.2. The van der Waals surface area contributed by atoms with Gasteiger partial charge in [-0.3, -0.25) is 4.79 Å². The van der Waals surface area contributed by atoms with Crippen LogP contribution in [0, 0.1) is 11.6 Å². The SMILES string of the molecule is CC(=O)Nc1nc(CCc2ccc(CN(C(=O)O)N(C(=O)O)C(C)(C)C)c(F)c2F)cs1. The average molecular weight is 470 g/mol. The molecule has 0 atom stereocenters. The van der Waals surface area contributed by atoms with Crippen molar-refractivity contribution in [3.8, 4) is 0 Å². The first-order valence-corrected chi connectivity index (χ1v) is 10.4. The molecular weight excluding hydrogens is 446 g/mol. The first-order chi connectivity index (χ1) is 14.8. The van der Waals surface area contributed by atoms with Crippen molar-refractivity contribution in [3.05, 3.63) is 46.0 Å². The van der Waals surface area contributed by atoms with Crippen molar-refractivity contribution in [1.82, 2.24) is 15.0 Å². The molecule has 1 heterocycles. The van der Waals surface area contributed by atoms with Crippen molar-refractivity contribution < 1.29 is 33.4 Å². The van der Waals surface area contributed by atoms with Gasteiger partial charge in [-0.2, -0.15) is 0 Å². The number of thiazole rings is 1. The molecule has 1 aromatic carbocycles. The number of nitrogens with one attached hydrogen (secondary N) is 1. The Bertz CT molecular complexity index is 1020. The summed E-state index contributed by atoms with van der Waals surface area (Å²) in [7, 11) is 0. The van der Waals surface area contributed by atoms with E-state index in [1.807, 2.05) is 0 Å². The van der Waals surface area contributed by atoms with Crippen LogP contribution in [0.1, 0.15) is 44.5 Å². The van der Waals surface area contributed by atoms with Crippen molar-refractivity contribution in [3.63, 3.8) is 0 Å². The van der Waals surface area contributed by atoms with Crippen LogP contribution in [0.5, 0.6) is 0 Å². The summed E-state index contributed by atoms with van der Waals surface area (Å²) >= 11 is 1.21. The standard InChI is InChI=1S/C20H24F2N4O5S/c1-11(27)23-17-24-14(10-32-17)8-7-12-5-6-13(16(22)15(12)21)9-25(18(28)29)26(19(30)31)20(2,3)4/h5-6,10H,7-9H2,1-4H3,(H,28,29)(H,30,31)(H,23,24,27). The van der Waals surface area contributed by atoms with Crippen LogP contribution in [0.15, 0.2) is 17.5 Å². The summed E-state index contributed by atoms with van der Waals surface area (Å²) in [5, 5.41) is 24.5. The number of amides is 3. The highest BCUT2D eigenvalue weighted by Crippen LogP contribution is 2.24. The molecular formula is C20H24F2N4O5S. The second-order valence-corrected chi connectivity index (χ2v) is 8.80. The summed E-state index contributed by atoms with van der Waals surface area (Å²) in [6.07, 6.45) is -2.74. The molecule has 0 saturated carbocycles. The lowest BCUT2D eigenvalue weighted by atomic mass is 10.0. The minimum absolute atomic E-state index is 0.0631. The fourth-order valence-electron chi connectivity index (χ4n) is 2.97. The van der Waals surface area contributed by atoms with E-state index >= 15 is 0 Å². The maximum atomic E-state index is 14.7. The smallest absolute Gasteiger partial charge is 0.427 e. The zero-order valence-electron chi connectivity index (χ0n) is 18.0. The fraction of sp³-hybridized carbons (Fsp3) is 0.400. The molecule has 0 radical (unpaired) electrons. The highest BCUT2D eigenvalue weighted by molar-refractivity contribution is 7.13. The molecule has 0 saturated heterocycles. The molecule has 3 amide bonds. The summed E-state index contributed by atoms with van der Waals surface area (Å²) in [5.74, 6) is -2.65. The van der Waals surface area contributed by atoms with Gasteiger partial charge >= 0.3 is 12.2 Å². The van der Waals surface area contributed by atoms with Crippen molar-refractivity contribution >= 4 is 34.6 Å². The van der Waals surface area contributed by atoms with Crippen LogP contribution in [0.2, 0.25) is 0 Å². The molecule has 1 aromatic heterocycles. The third kappa shape index (κ3) is 6.13. The Morgan fingerprint density at radius 3 is 2.19 bits per heavy atom. The first-order valence-electron chi connectivity index (χ1n) is 9.52. The van der Waals surface area contributed by atoms with Crippen LogP contribution in [-0.4, -0.2) is 48.8 Å². The van der Waals surface area contributed by atoms with Gasteiger partial charge in [-0.15, -0.1) is 11.3 Å². The Hall–Kier alpha value is -3.28. The zero-order valence-corrected chi connectivity index (χ0v) is 18.8. The number of rotatable bonds is 6. The minimum atomic E-state index is -1.62. The lowest BCUT2D eigenvalue weighted by Crippen LogP contribution is -2.57. The molecule has 32 heavy (non-hydrogen) atoms. The van der Waals surface area contributed by atoms with Gasteiger partial charge in [0.25, 0.3) is 0 Å². The van der Waals surface area contributed by atoms with Crippen LogP contribution in [-0.2, 0) is 24.2 Å². The molecule has 0 bridgehead atoms. The van der Waals surface area contributed by atoms with E-state index in [-0.39, 0.29) is 23.5 Å². The van der Waals surface area contributed by atoms with Crippen LogP contribution < -0.4 is 5.32 Å². The van der Waals surface area contributed by atoms with Crippen molar-refractivity contribution in [1.29, 1.82) is 0 Å². The molecule has 0 unspecified atom stereocenters. The van der Waals surface area contributed by atoms with E-state index in [2.05, 4.69) is 10.3 Å². The van der Waals surface area contributed by atoms with Gasteiger partial charge < -0.3 is 15.5 Å². The number of carbonyl (C=O) groups is 3. The predicted molar refractivity (Wildman–Crippen MR) is 113 cm³/mol. The zero-order chi connectivity index (χ0) is 24.2. The number of carbonyl (C=O) groups excluding carboxylic acids is 1. The number of halogens is 2. The Kier molecular flexibility index (Phi) is 7.73. The summed E-state index contributed by atoms with van der Waals surface area (Å²) in [6, 6.07) is 2.56. The van der Waals surface area contributed by atoms with E-state index in [1.165, 1.54) is 51.2 Å². The highest BCUT2D eigenvalue weighted by Gasteiger charge is 2.35. The van der Waals surface area contributed by atoms with E-state index in [0.717, 1.165) is 0 Å². The number of hydrogen-bond donors (Lipinski definition) is 3. The molecule has 12 heteroatoms. The van der Waals surface area contributed by atoms with Crippen LogP contribution in [0.25, 0.3) is 0 Å². The number of anilines is 1. The molecule has 0 aliphatic heterocycles. The number of hydrazine groups is 1. The van der Waals surface area contributed by atoms with Crippen LogP contribution >= 0.6 is 11.3 Å². The second-order valence-electron chi connectivity index (χ2n) is 7.94. The van der Waals surface area contributed by atoms with Crippen molar-refractivity contribution in [2.75, 3.05) is 5.32 Å². The van der Waals surface area contributed by atoms with Crippen LogP contribution in [0.3, 0.4) is 0 Å². The summed E-state index contributed by atoms with van der Waals surface area (Å²) in [4.78, 5) is 38.5. The number of hydrogen-bond acceptors (Lipinski definition) is 5. The van der Waals surface area contributed by atoms with Gasteiger partial charge in [0.15, 0.2) is 16.8 Å². The molecule has 2 aromatic rings. The van der Waals surface area contributed by atoms with Crippen molar-refractivity contribution in [2.45, 2.75) is 52.6 Å². The molecule has 0 spiro atoms. The van der Waals surface area contributed by atoms with E-state index < -0.39 is 35.9 Å². The number of nitrogens with zero attached hydrogens (tertiary/aromatic N) is 3. The number of carboxylic acid groups (broad SMARTS) is 2. The van der Waals surface area contributed by atoms with Gasteiger partial charge in [0.2, 0.25) is 5.91 Å². The number of aryl methyl sites for hydroxylation is 2.